The van der Waals surface area contributed by atoms with Crippen LogP contribution in [0, 0.1) is 6.92 Å². The Morgan fingerprint density at radius 2 is 1.47 bits per heavy atom. The Labute approximate surface area is 192 Å². The molecule has 32 heavy (non-hydrogen) atoms. The van der Waals surface area contributed by atoms with E-state index in [-0.39, 0.29) is 22.4 Å². The van der Waals surface area contributed by atoms with Crippen molar-refractivity contribution in [3.05, 3.63) is 69.5 Å². The first-order chi connectivity index (χ1) is 14.9. The summed E-state index contributed by atoms with van der Waals surface area (Å²) < 4.78 is 0. The summed E-state index contributed by atoms with van der Waals surface area (Å²) >= 11 is 0. The molecule has 0 radical (unpaired) electrons. The van der Waals surface area contributed by atoms with E-state index in [0.29, 0.717) is 12.8 Å². The van der Waals surface area contributed by atoms with Crippen LogP contribution in [0.5, 0.6) is 0 Å². The highest BCUT2D eigenvalue weighted by molar-refractivity contribution is 6.13. The largest absolute Gasteiger partial charge is 0.299 e. The van der Waals surface area contributed by atoms with E-state index >= 15 is 0 Å². The lowest BCUT2D eigenvalue weighted by Crippen LogP contribution is -2.34. The molecule has 1 aromatic carbocycles. The zero-order chi connectivity index (χ0) is 23.4. The van der Waals surface area contributed by atoms with Gasteiger partial charge < -0.3 is 0 Å². The number of pyridine rings is 1. The fourth-order valence-corrected chi connectivity index (χ4v) is 5.47. The van der Waals surface area contributed by atoms with Crippen LogP contribution in [-0.4, -0.2) is 16.6 Å². The third kappa shape index (κ3) is 3.76. The minimum Gasteiger partial charge on any atom is -0.299 e. The molecule has 2 aromatic rings. The minimum atomic E-state index is -0.625. The number of aromatic nitrogens is 1. The number of fused-ring (bicyclic) bond motifs is 1. The molecule has 168 valence electrons. The van der Waals surface area contributed by atoms with Gasteiger partial charge in [-0.25, -0.2) is 0 Å². The maximum Gasteiger partial charge on any atom is 0.148 e. The van der Waals surface area contributed by atoms with Gasteiger partial charge in [-0.15, -0.1) is 0 Å². The molecule has 0 aliphatic heterocycles. The van der Waals surface area contributed by atoms with E-state index in [4.69, 9.17) is 4.98 Å². The summed E-state index contributed by atoms with van der Waals surface area (Å²) in [6.45, 7) is 15.9. The number of aryl methyl sites for hydroxylation is 1. The van der Waals surface area contributed by atoms with Gasteiger partial charge in [0, 0.05) is 24.6 Å². The van der Waals surface area contributed by atoms with Gasteiger partial charge in [-0.3, -0.25) is 14.6 Å². The van der Waals surface area contributed by atoms with Gasteiger partial charge in [0.05, 0.1) is 5.69 Å². The maximum absolute atomic E-state index is 12.2. The summed E-state index contributed by atoms with van der Waals surface area (Å²) in [5.74, 6) is -0.593. The average molecular weight is 430 g/mol. The normalized spacial score (nSPS) is 19.7. The summed E-state index contributed by atoms with van der Waals surface area (Å²) in [4.78, 5) is 29.1. The van der Waals surface area contributed by atoms with E-state index in [9.17, 15) is 9.59 Å². The van der Waals surface area contributed by atoms with Crippen molar-refractivity contribution in [1.29, 1.82) is 0 Å². The van der Waals surface area contributed by atoms with Crippen molar-refractivity contribution in [3.8, 4) is 0 Å². The van der Waals surface area contributed by atoms with Gasteiger partial charge in [-0.05, 0) is 84.4 Å². The number of rotatable bonds is 3. The fraction of sp³-hybridized carbons (Fsp3) is 0.483. The van der Waals surface area contributed by atoms with E-state index < -0.39 is 5.92 Å². The molecule has 0 amide bonds. The van der Waals surface area contributed by atoms with E-state index in [0.717, 1.165) is 16.8 Å². The Kier molecular flexibility index (Phi) is 5.51. The molecule has 1 aromatic heterocycles. The van der Waals surface area contributed by atoms with Crippen LogP contribution in [0.1, 0.15) is 107 Å². The number of nitrogens with zero attached hydrogens (tertiary/aromatic N) is 1. The van der Waals surface area contributed by atoms with E-state index in [1.165, 1.54) is 40.7 Å². The van der Waals surface area contributed by atoms with Crippen molar-refractivity contribution in [2.45, 2.75) is 90.9 Å². The van der Waals surface area contributed by atoms with E-state index in [2.05, 4.69) is 60.6 Å². The number of hydrogen-bond donors (Lipinski definition) is 0. The first kappa shape index (κ1) is 22.6. The highest BCUT2D eigenvalue weighted by atomic mass is 16.2. The highest BCUT2D eigenvalue weighted by Crippen LogP contribution is 2.47. The molecule has 2 aliphatic carbocycles. The van der Waals surface area contributed by atoms with Gasteiger partial charge in [0.2, 0.25) is 0 Å². The summed E-state index contributed by atoms with van der Waals surface area (Å²) in [5.41, 5.74) is 9.66. The maximum atomic E-state index is 12.2. The zero-order valence-corrected chi connectivity index (χ0v) is 20.6. The summed E-state index contributed by atoms with van der Waals surface area (Å²) in [6.07, 6.45) is 4.81. The lowest BCUT2D eigenvalue weighted by atomic mass is 9.62. The molecule has 3 nitrogen and oxygen atoms in total. The third-order valence-corrected chi connectivity index (χ3v) is 7.60. The lowest BCUT2D eigenvalue weighted by molar-refractivity contribution is -0.123. The van der Waals surface area contributed by atoms with Crippen molar-refractivity contribution < 1.29 is 9.59 Å². The van der Waals surface area contributed by atoms with Crippen LogP contribution in [-0.2, 0) is 20.4 Å². The summed E-state index contributed by atoms with van der Waals surface area (Å²) in [7, 11) is 0. The quantitative estimate of drug-likeness (QED) is 0.517. The van der Waals surface area contributed by atoms with E-state index in [1.54, 1.807) is 6.20 Å². The van der Waals surface area contributed by atoms with Crippen LogP contribution in [0.25, 0.3) is 5.57 Å². The third-order valence-electron chi connectivity index (χ3n) is 7.60. The summed E-state index contributed by atoms with van der Waals surface area (Å²) in [6, 6.07) is 8.68. The van der Waals surface area contributed by atoms with Crippen molar-refractivity contribution in [3.63, 3.8) is 0 Å². The molecular weight excluding hydrogens is 394 g/mol. The fourth-order valence-electron chi connectivity index (χ4n) is 5.47. The first-order valence-electron chi connectivity index (χ1n) is 11.8. The second-order valence-corrected chi connectivity index (χ2v) is 11.2. The molecule has 0 N–H and O–H groups in total. The molecule has 3 heteroatoms. The standard InChI is InChI=1S/C29H35NO2/c1-17(2)26(23-9-8-19(16-30-23)27-24(31)10-11-25(27)32)20-15-22-21(14-18(20)3)28(4,5)12-13-29(22,6)7/h8-9,14-16,27H,10-13H2,1-7H3. The van der Waals surface area contributed by atoms with Crippen molar-refractivity contribution >= 4 is 17.1 Å². The number of carbonyl (C=O) groups excluding carboxylic acids is 2. The van der Waals surface area contributed by atoms with Gasteiger partial charge in [0.1, 0.15) is 17.5 Å². The van der Waals surface area contributed by atoms with Gasteiger partial charge in [-0.1, -0.05) is 45.4 Å². The van der Waals surface area contributed by atoms with Crippen LogP contribution < -0.4 is 0 Å². The smallest absolute Gasteiger partial charge is 0.148 e. The minimum absolute atomic E-state index is 0.0161. The number of hydrogen-bond acceptors (Lipinski definition) is 3. The summed E-state index contributed by atoms with van der Waals surface area (Å²) in [5, 5.41) is 0. The Balaban J connectivity index is 1.80. The van der Waals surface area contributed by atoms with Gasteiger partial charge in [0.25, 0.3) is 0 Å². The molecule has 2 aliphatic rings. The molecule has 0 unspecified atom stereocenters. The topological polar surface area (TPSA) is 47.0 Å². The average Bonchev–Trinajstić information content (AvgIpc) is 3.05. The van der Waals surface area contributed by atoms with E-state index in [1.807, 2.05) is 12.1 Å². The van der Waals surface area contributed by atoms with Gasteiger partial charge in [-0.2, -0.15) is 0 Å². The second kappa shape index (κ2) is 7.79. The first-order valence-corrected chi connectivity index (χ1v) is 11.8. The Bertz CT molecular complexity index is 1110. The molecule has 0 saturated heterocycles. The van der Waals surface area contributed by atoms with Crippen LogP contribution in [0.15, 0.2) is 36.0 Å². The van der Waals surface area contributed by atoms with Gasteiger partial charge >= 0.3 is 0 Å². The van der Waals surface area contributed by atoms with Crippen LogP contribution in [0.4, 0.5) is 0 Å². The predicted molar refractivity (Wildman–Crippen MR) is 130 cm³/mol. The number of ketones is 2. The Hall–Kier alpha value is -2.55. The molecule has 0 atom stereocenters. The highest BCUT2D eigenvalue weighted by Gasteiger charge is 2.38. The Morgan fingerprint density at radius 3 is 1.97 bits per heavy atom. The molecular formula is C29H35NO2. The molecule has 1 heterocycles. The molecule has 1 saturated carbocycles. The van der Waals surface area contributed by atoms with Crippen LogP contribution in [0.3, 0.4) is 0 Å². The van der Waals surface area contributed by atoms with Crippen molar-refractivity contribution in [1.82, 2.24) is 4.98 Å². The van der Waals surface area contributed by atoms with Gasteiger partial charge in [0.15, 0.2) is 0 Å². The molecule has 0 spiro atoms. The number of benzene rings is 1. The monoisotopic (exact) mass is 429 g/mol. The Morgan fingerprint density at radius 1 is 0.906 bits per heavy atom. The van der Waals surface area contributed by atoms with Crippen LogP contribution >= 0.6 is 0 Å². The molecule has 0 bridgehead atoms. The molecule has 1 fully saturated rings. The predicted octanol–water partition coefficient (Wildman–Crippen LogP) is 6.60. The zero-order valence-electron chi connectivity index (χ0n) is 20.6. The lowest BCUT2D eigenvalue weighted by Gasteiger charge is -2.42. The molecule has 4 rings (SSSR count). The van der Waals surface area contributed by atoms with Crippen molar-refractivity contribution in [2.24, 2.45) is 0 Å². The van der Waals surface area contributed by atoms with Crippen LogP contribution in [0.2, 0.25) is 0 Å². The number of allylic oxidation sites excluding steroid dienone is 1. The van der Waals surface area contributed by atoms with Crippen molar-refractivity contribution in [2.75, 3.05) is 0 Å². The SMILES string of the molecule is CC(C)=C(c1ccc(C2C(=O)CCC2=O)cn1)c1cc2c(cc1C)C(C)(C)CCC2(C)C. The number of Topliss-reactive ketones (excluding diaryl/α,β-unsaturated/α-hetero) is 2. The second-order valence-electron chi connectivity index (χ2n) is 11.2. The number of carbonyl (C=O) groups is 2.